The van der Waals surface area contributed by atoms with Crippen molar-refractivity contribution in [1.82, 2.24) is 5.32 Å². The van der Waals surface area contributed by atoms with Crippen molar-refractivity contribution in [1.29, 1.82) is 0 Å². The predicted octanol–water partition coefficient (Wildman–Crippen LogP) is 2.83. The first kappa shape index (κ1) is 15.0. The van der Waals surface area contributed by atoms with Crippen molar-refractivity contribution in [3.63, 3.8) is 0 Å². The van der Waals surface area contributed by atoms with Gasteiger partial charge in [0.25, 0.3) is 0 Å². The van der Waals surface area contributed by atoms with E-state index in [1.165, 1.54) is 37.4 Å². The maximum absolute atomic E-state index is 13.2. The number of carbonyl (C=O) groups excluding carboxylic acids is 1. The van der Waals surface area contributed by atoms with Crippen molar-refractivity contribution in [3.05, 3.63) is 65.2 Å². The molecular weight excluding hydrogens is 276 g/mol. The van der Waals surface area contributed by atoms with Gasteiger partial charge in [-0.2, -0.15) is 0 Å². The number of hydrogen-bond acceptors (Lipinski definition) is 2. The molecule has 0 aliphatic heterocycles. The molecule has 3 nitrogen and oxygen atoms in total. The minimum Gasteiger partial charge on any atom is -0.496 e. The van der Waals surface area contributed by atoms with E-state index in [1.807, 2.05) is 0 Å². The lowest BCUT2D eigenvalue weighted by Gasteiger charge is -2.10. The van der Waals surface area contributed by atoms with Gasteiger partial charge >= 0.3 is 0 Å². The Hall–Kier alpha value is -2.43. The highest BCUT2D eigenvalue weighted by molar-refractivity contribution is 5.78. The smallest absolute Gasteiger partial charge is 0.224 e. The van der Waals surface area contributed by atoms with E-state index in [0.717, 1.165) is 0 Å². The molecule has 0 radical (unpaired) electrons. The summed E-state index contributed by atoms with van der Waals surface area (Å²) in [5, 5.41) is 2.66. The number of halogens is 2. The third-order valence-corrected chi connectivity index (χ3v) is 2.97. The molecule has 5 heteroatoms. The minimum atomic E-state index is -0.398. The summed E-state index contributed by atoms with van der Waals surface area (Å²) in [6, 6.07) is 9.95. The molecule has 0 saturated carbocycles. The van der Waals surface area contributed by atoms with Gasteiger partial charge in [0, 0.05) is 12.1 Å². The highest BCUT2D eigenvalue weighted by Gasteiger charge is 2.08. The van der Waals surface area contributed by atoms with Crippen LogP contribution in [-0.4, -0.2) is 13.0 Å². The Morgan fingerprint density at radius 3 is 2.62 bits per heavy atom. The van der Waals surface area contributed by atoms with E-state index in [2.05, 4.69) is 5.32 Å². The van der Waals surface area contributed by atoms with Crippen molar-refractivity contribution in [2.75, 3.05) is 7.11 Å². The van der Waals surface area contributed by atoms with Gasteiger partial charge in [0.1, 0.15) is 17.4 Å². The molecule has 1 N–H and O–H groups in total. The average Bonchev–Trinajstić information content (AvgIpc) is 2.45. The van der Waals surface area contributed by atoms with Gasteiger partial charge in [-0.1, -0.05) is 12.1 Å². The summed E-state index contributed by atoms with van der Waals surface area (Å²) in [6.07, 6.45) is 0.0649. The molecule has 0 aliphatic carbocycles. The zero-order valence-electron chi connectivity index (χ0n) is 11.5. The normalized spacial score (nSPS) is 10.2. The van der Waals surface area contributed by atoms with Crippen LogP contribution in [0.3, 0.4) is 0 Å². The number of rotatable bonds is 5. The van der Waals surface area contributed by atoms with Crippen LogP contribution in [0.1, 0.15) is 11.1 Å². The monoisotopic (exact) mass is 291 g/mol. The van der Waals surface area contributed by atoms with E-state index in [0.29, 0.717) is 16.9 Å². The summed E-state index contributed by atoms with van der Waals surface area (Å²) in [4.78, 5) is 11.8. The first-order chi connectivity index (χ1) is 10.1. The SMILES string of the molecule is COc1ccc(F)cc1CNC(=O)Cc1cccc(F)c1. The molecule has 0 aromatic heterocycles. The fourth-order valence-corrected chi connectivity index (χ4v) is 1.97. The molecule has 1 amide bonds. The Labute approximate surface area is 121 Å². The summed E-state index contributed by atoms with van der Waals surface area (Å²) in [5.41, 5.74) is 1.13. The van der Waals surface area contributed by atoms with Crippen molar-refractivity contribution in [3.8, 4) is 5.75 Å². The van der Waals surface area contributed by atoms with Gasteiger partial charge in [-0.05, 0) is 35.9 Å². The molecule has 110 valence electrons. The van der Waals surface area contributed by atoms with Crippen LogP contribution in [0.25, 0.3) is 0 Å². The molecule has 0 heterocycles. The van der Waals surface area contributed by atoms with Crippen molar-refractivity contribution >= 4 is 5.91 Å². The molecule has 21 heavy (non-hydrogen) atoms. The largest absolute Gasteiger partial charge is 0.496 e. The number of benzene rings is 2. The third-order valence-electron chi connectivity index (χ3n) is 2.97. The lowest BCUT2D eigenvalue weighted by molar-refractivity contribution is -0.120. The van der Waals surface area contributed by atoms with Crippen LogP contribution in [0.15, 0.2) is 42.5 Å². The van der Waals surface area contributed by atoms with Gasteiger partial charge in [0.15, 0.2) is 0 Å². The maximum Gasteiger partial charge on any atom is 0.224 e. The highest BCUT2D eigenvalue weighted by Crippen LogP contribution is 2.19. The van der Waals surface area contributed by atoms with Gasteiger partial charge in [-0.25, -0.2) is 8.78 Å². The predicted molar refractivity (Wildman–Crippen MR) is 74.9 cm³/mol. The molecule has 0 unspecified atom stereocenters. The molecule has 0 saturated heterocycles. The van der Waals surface area contributed by atoms with Crippen molar-refractivity contribution < 1.29 is 18.3 Å². The Balaban J connectivity index is 1.96. The zero-order chi connectivity index (χ0) is 15.2. The Bertz CT molecular complexity index is 644. The summed E-state index contributed by atoms with van der Waals surface area (Å²) in [6.45, 7) is 0.148. The fraction of sp³-hybridized carbons (Fsp3) is 0.188. The second-order valence-electron chi connectivity index (χ2n) is 4.54. The Morgan fingerprint density at radius 2 is 1.90 bits per heavy atom. The van der Waals surface area contributed by atoms with Crippen molar-refractivity contribution in [2.45, 2.75) is 13.0 Å². The van der Waals surface area contributed by atoms with E-state index in [1.54, 1.807) is 12.1 Å². The number of ether oxygens (including phenoxy) is 1. The van der Waals surface area contributed by atoms with Crippen LogP contribution in [-0.2, 0) is 17.8 Å². The van der Waals surface area contributed by atoms with E-state index in [-0.39, 0.29) is 24.7 Å². The topological polar surface area (TPSA) is 38.3 Å². The van der Waals surface area contributed by atoms with Gasteiger partial charge in [0.05, 0.1) is 13.5 Å². The van der Waals surface area contributed by atoms with Crippen LogP contribution in [0.4, 0.5) is 8.78 Å². The molecule has 0 bridgehead atoms. The number of methoxy groups -OCH3 is 1. The number of amides is 1. The van der Waals surface area contributed by atoms with Crippen molar-refractivity contribution in [2.24, 2.45) is 0 Å². The van der Waals surface area contributed by atoms with Crippen LogP contribution < -0.4 is 10.1 Å². The molecule has 2 aromatic rings. The number of hydrogen-bond donors (Lipinski definition) is 1. The van der Waals surface area contributed by atoms with E-state index in [9.17, 15) is 13.6 Å². The Kier molecular flexibility index (Phi) is 4.87. The van der Waals surface area contributed by atoms with E-state index >= 15 is 0 Å². The summed E-state index contributed by atoms with van der Waals surface area (Å²) in [5.74, 6) is -0.549. The molecule has 0 aliphatic rings. The molecule has 0 atom stereocenters. The lowest BCUT2D eigenvalue weighted by Crippen LogP contribution is -2.24. The first-order valence-corrected chi connectivity index (χ1v) is 6.42. The van der Waals surface area contributed by atoms with Crippen LogP contribution in [0.2, 0.25) is 0 Å². The lowest BCUT2D eigenvalue weighted by atomic mass is 10.1. The van der Waals surface area contributed by atoms with Crippen LogP contribution in [0, 0.1) is 11.6 Å². The first-order valence-electron chi connectivity index (χ1n) is 6.42. The summed E-state index contributed by atoms with van der Waals surface area (Å²) < 4.78 is 31.3. The second kappa shape index (κ2) is 6.83. The average molecular weight is 291 g/mol. The maximum atomic E-state index is 13.2. The van der Waals surface area contributed by atoms with Gasteiger partial charge in [-0.15, -0.1) is 0 Å². The molecule has 2 rings (SSSR count). The highest BCUT2D eigenvalue weighted by atomic mass is 19.1. The van der Waals surface area contributed by atoms with E-state index in [4.69, 9.17) is 4.74 Å². The minimum absolute atomic E-state index is 0.0649. The molecule has 2 aromatic carbocycles. The summed E-state index contributed by atoms with van der Waals surface area (Å²) in [7, 11) is 1.48. The third kappa shape index (κ3) is 4.27. The summed E-state index contributed by atoms with van der Waals surface area (Å²) >= 11 is 0. The zero-order valence-corrected chi connectivity index (χ0v) is 11.5. The molecule has 0 spiro atoms. The van der Waals surface area contributed by atoms with E-state index < -0.39 is 5.82 Å². The molecular formula is C16H15F2NO2. The quantitative estimate of drug-likeness (QED) is 0.920. The van der Waals surface area contributed by atoms with Gasteiger partial charge < -0.3 is 10.1 Å². The molecule has 0 fully saturated rings. The fourth-order valence-electron chi connectivity index (χ4n) is 1.97. The Morgan fingerprint density at radius 1 is 1.14 bits per heavy atom. The van der Waals surface area contributed by atoms with Crippen LogP contribution >= 0.6 is 0 Å². The van der Waals surface area contributed by atoms with Gasteiger partial charge in [-0.3, -0.25) is 4.79 Å². The van der Waals surface area contributed by atoms with Gasteiger partial charge in [0.2, 0.25) is 5.91 Å². The standard InChI is InChI=1S/C16H15F2NO2/c1-21-15-6-5-14(18)9-12(15)10-19-16(20)8-11-3-2-4-13(17)7-11/h2-7,9H,8,10H2,1H3,(H,19,20). The second-order valence-corrected chi connectivity index (χ2v) is 4.54. The number of nitrogens with one attached hydrogen (secondary N) is 1. The number of carbonyl (C=O) groups is 1. The van der Waals surface area contributed by atoms with Crippen LogP contribution in [0.5, 0.6) is 5.75 Å².